The number of ketones is 1. The second-order valence-corrected chi connectivity index (χ2v) is 7.42. The summed E-state index contributed by atoms with van der Waals surface area (Å²) in [5.41, 5.74) is 1.68. The lowest BCUT2D eigenvalue weighted by Gasteiger charge is -2.34. The molecule has 0 radical (unpaired) electrons. The first-order chi connectivity index (χ1) is 12.5. The van der Waals surface area contributed by atoms with Gasteiger partial charge in [0.1, 0.15) is 0 Å². The lowest BCUT2D eigenvalue weighted by atomic mass is 9.78. The largest absolute Gasteiger partial charge is 0.334 e. The van der Waals surface area contributed by atoms with E-state index in [1.807, 2.05) is 43.0 Å². The Morgan fingerprint density at radius 3 is 2.50 bits per heavy atom. The fourth-order valence-corrected chi connectivity index (χ4v) is 4.45. The Labute approximate surface area is 153 Å². The van der Waals surface area contributed by atoms with E-state index >= 15 is 0 Å². The van der Waals surface area contributed by atoms with E-state index < -0.39 is 5.41 Å². The van der Waals surface area contributed by atoms with Crippen LogP contribution in [-0.4, -0.2) is 52.2 Å². The Balaban J connectivity index is 1.72. The second-order valence-electron chi connectivity index (χ2n) is 7.42. The Morgan fingerprint density at radius 1 is 1.12 bits per heavy atom. The van der Waals surface area contributed by atoms with Crippen molar-refractivity contribution in [2.24, 2.45) is 5.41 Å². The van der Waals surface area contributed by atoms with Crippen LogP contribution in [0.4, 0.5) is 0 Å². The van der Waals surface area contributed by atoms with Gasteiger partial charge in [-0.1, -0.05) is 18.2 Å². The molecule has 2 aliphatic rings. The minimum atomic E-state index is -0.592. The summed E-state index contributed by atoms with van der Waals surface area (Å²) in [6.45, 7) is 6.72. The smallest absolute Gasteiger partial charge is 0.254 e. The molecule has 0 saturated carbocycles. The number of carbonyl (C=O) groups excluding carboxylic acids is 2. The Morgan fingerprint density at radius 2 is 1.81 bits per heavy atom. The summed E-state index contributed by atoms with van der Waals surface area (Å²) in [7, 11) is 0. The quantitative estimate of drug-likeness (QED) is 0.855. The third-order valence-electron chi connectivity index (χ3n) is 5.77. The molecule has 3 heterocycles. The van der Waals surface area contributed by atoms with E-state index in [0.29, 0.717) is 30.8 Å². The van der Waals surface area contributed by atoms with Crippen molar-refractivity contribution in [1.82, 2.24) is 14.8 Å². The van der Waals surface area contributed by atoms with Crippen LogP contribution in [-0.2, 0) is 6.54 Å². The van der Waals surface area contributed by atoms with Crippen LogP contribution in [0.1, 0.15) is 40.1 Å². The van der Waals surface area contributed by atoms with Gasteiger partial charge in [0.2, 0.25) is 0 Å². The molecule has 4 rings (SSSR count). The van der Waals surface area contributed by atoms with Crippen molar-refractivity contribution >= 4 is 11.7 Å². The molecule has 1 amide bonds. The highest BCUT2D eigenvalue weighted by Crippen LogP contribution is 2.41. The number of aromatic nitrogens is 1. The summed E-state index contributed by atoms with van der Waals surface area (Å²) < 4.78 is 0. The average molecular weight is 349 g/mol. The molecule has 1 fully saturated rings. The molecule has 0 bridgehead atoms. The molecule has 0 unspecified atom stereocenters. The molecule has 0 spiro atoms. The zero-order chi connectivity index (χ0) is 18.3. The van der Waals surface area contributed by atoms with Gasteiger partial charge < -0.3 is 4.90 Å². The van der Waals surface area contributed by atoms with Crippen LogP contribution in [0.5, 0.6) is 0 Å². The summed E-state index contributed by atoms with van der Waals surface area (Å²) >= 11 is 0. The number of Topliss-reactive ketones (excluding diaryl/α,β-unsaturated/α-hetero) is 1. The maximum absolute atomic E-state index is 13.4. The van der Waals surface area contributed by atoms with Gasteiger partial charge in [0.25, 0.3) is 5.91 Å². The lowest BCUT2D eigenvalue weighted by molar-refractivity contribution is 0.0560. The maximum atomic E-state index is 13.4. The number of amides is 1. The van der Waals surface area contributed by atoms with Crippen molar-refractivity contribution in [2.45, 2.75) is 26.4 Å². The average Bonchev–Trinajstić information content (AvgIpc) is 2.97. The molecule has 134 valence electrons. The Bertz CT molecular complexity index is 851. The first kappa shape index (κ1) is 16.9. The number of fused-ring (bicyclic) bond motifs is 2. The highest BCUT2D eigenvalue weighted by Gasteiger charge is 2.54. The number of pyridine rings is 1. The predicted molar refractivity (Wildman–Crippen MR) is 98.9 cm³/mol. The van der Waals surface area contributed by atoms with Crippen molar-refractivity contribution in [2.75, 3.05) is 19.6 Å². The summed E-state index contributed by atoms with van der Waals surface area (Å²) in [5.74, 6) is 0.0514. The topological polar surface area (TPSA) is 53.5 Å². The molecule has 5 nitrogen and oxygen atoms in total. The maximum Gasteiger partial charge on any atom is 0.254 e. The van der Waals surface area contributed by atoms with Gasteiger partial charge in [0, 0.05) is 44.1 Å². The van der Waals surface area contributed by atoms with Gasteiger partial charge in [0.05, 0.1) is 17.0 Å². The molecule has 2 atom stereocenters. The summed E-state index contributed by atoms with van der Waals surface area (Å²) in [6.07, 6.45) is 3.57. The van der Waals surface area contributed by atoms with Crippen LogP contribution in [0.25, 0.3) is 0 Å². The van der Waals surface area contributed by atoms with E-state index in [1.165, 1.54) is 5.56 Å². The number of carbonyl (C=O) groups is 2. The highest BCUT2D eigenvalue weighted by molar-refractivity contribution is 6.12. The molecule has 2 aromatic rings. The molecular formula is C21H23N3O2. The standard InChI is InChI=1S/C21H23N3O2/c1-3-24-18-13-23(12-15-8-10-22-11-9-15)14-21(18,2)19(25)16-6-4-5-7-17(16)20(24)26/h4-11,18H,3,12-14H2,1-2H3/t18-,21+/m1/s1. The van der Waals surface area contributed by atoms with Crippen LogP contribution in [0.3, 0.4) is 0 Å². The van der Waals surface area contributed by atoms with Gasteiger partial charge in [0.15, 0.2) is 5.78 Å². The van der Waals surface area contributed by atoms with Gasteiger partial charge in [-0.05, 0) is 37.6 Å². The van der Waals surface area contributed by atoms with Crippen molar-refractivity contribution in [3.05, 3.63) is 65.5 Å². The first-order valence-corrected chi connectivity index (χ1v) is 9.10. The highest BCUT2D eigenvalue weighted by atomic mass is 16.2. The summed E-state index contributed by atoms with van der Waals surface area (Å²) in [5, 5.41) is 0. The number of benzene rings is 1. The Hall–Kier alpha value is -2.53. The molecule has 1 aromatic carbocycles. The minimum absolute atomic E-state index is 0.0315. The molecular weight excluding hydrogens is 326 g/mol. The van der Waals surface area contributed by atoms with Gasteiger partial charge in [-0.25, -0.2) is 0 Å². The minimum Gasteiger partial charge on any atom is -0.334 e. The van der Waals surface area contributed by atoms with Crippen molar-refractivity contribution < 1.29 is 9.59 Å². The van der Waals surface area contributed by atoms with Gasteiger partial charge in [-0.3, -0.25) is 19.5 Å². The van der Waals surface area contributed by atoms with Crippen molar-refractivity contribution in [1.29, 1.82) is 0 Å². The predicted octanol–water partition coefficient (Wildman–Crippen LogP) is 2.63. The van der Waals surface area contributed by atoms with Gasteiger partial charge in [-0.15, -0.1) is 0 Å². The van der Waals surface area contributed by atoms with Crippen LogP contribution in [0.15, 0.2) is 48.8 Å². The molecule has 2 aliphatic heterocycles. The molecule has 0 N–H and O–H groups in total. The fourth-order valence-electron chi connectivity index (χ4n) is 4.45. The fraction of sp³-hybridized carbons (Fsp3) is 0.381. The molecule has 26 heavy (non-hydrogen) atoms. The molecule has 0 aliphatic carbocycles. The second kappa shape index (κ2) is 6.32. The third-order valence-corrected chi connectivity index (χ3v) is 5.77. The van der Waals surface area contributed by atoms with Crippen LogP contribution >= 0.6 is 0 Å². The monoisotopic (exact) mass is 349 g/mol. The van der Waals surface area contributed by atoms with Gasteiger partial charge in [-0.2, -0.15) is 0 Å². The first-order valence-electron chi connectivity index (χ1n) is 9.10. The van der Waals surface area contributed by atoms with Crippen LogP contribution in [0, 0.1) is 5.41 Å². The number of likely N-dealkylation sites (tertiary alicyclic amines) is 1. The number of hydrogen-bond acceptors (Lipinski definition) is 4. The number of nitrogens with zero attached hydrogens (tertiary/aromatic N) is 3. The Kier molecular flexibility index (Phi) is 4.11. The van der Waals surface area contributed by atoms with E-state index in [4.69, 9.17) is 0 Å². The van der Waals surface area contributed by atoms with Crippen LogP contribution < -0.4 is 0 Å². The normalized spacial score (nSPS) is 25.8. The summed E-state index contributed by atoms with van der Waals surface area (Å²) in [4.78, 5) is 34.8. The van der Waals surface area contributed by atoms with E-state index in [-0.39, 0.29) is 17.7 Å². The van der Waals surface area contributed by atoms with Crippen molar-refractivity contribution in [3.63, 3.8) is 0 Å². The molecule has 1 saturated heterocycles. The number of hydrogen-bond donors (Lipinski definition) is 0. The molecule has 5 heteroatoms. The lowest BCUT2D eigenvalue weighted by Crippen LogP contribution is -2.49. The van der Waals surface area contributed by atoms with Gasteiger partial charge >= 0.3 is 0 Å². The van der Waals surface area contributed by atoms with Crippen LogP contribution in [0.2, 0.25) is 0 Å². The van der Waals surface area contributed by atoms with E-state index in [0.717, 1.165) is 6.54 Å². The van der Waals surface area contributed by atoms with E-state index in [1.54, 1.807) is 24.5 Å². The molecule has 1 aromatic heterocycles. The van der Waals surface area contributed by atoms with Crippen molar-refractivity contribution in [3.8, 4) is 0 Å². The zero-order valence-corrected chi connectivity index (χ0v) is 15.2. The van der Waals surface area contributed by atoms with E-state index in [9.17, 15) is 9.59 Å². The number of likely N-dealkylation sites (N-methyl/N-ethyl adjacent to an activating group) is 1. The third kappa shape index (κ3) is 2.54. The summed E-state index contributed by atoms with van der Waals surface area (Å²) in [6, 6.07) is 11.1. The van der Waals surface area contributed by atoms with E-state index in [2.05, 4.69) is 9.88 Å². The zero-order valence-electron chi connectivity index (χ0n) is 15.2. The SMILES string of the molecule is CCN1C(=O)c2ccccc2C(=O)[C@@]2(C)CN(Cc3ccncc3)C[C@@H]12. The number of rotatable bonds is 3.